The number of para-hydroxylation sites is 1. The van der Waals surface area contributed by atoms with Gasteiger partial charge in [0.2, 0.25) is 0 Å². The normalized spacial score (nSPS) is 9.57. The minimum absolute atomic E-state index is 0.597. The Labute approximate surface area is 91.7 Å². The zero-order valence-corrected chi connectivity index (χ0v) is 9.33. The predicted molar refractivity (Wildman–Crippen MR) is 65.1 cm³/mol. The van der Waals surface area contributed by atoms with Crippen molar-refractivity contribution in [3.8, 4) is 0 Å². The number of benzene rings is 1. The van der Waals surface area contributed by atoms with E-state index >= 15 is 0 Å². The van der Waals surface area contributed by atoms with Crippen molar-refractivity contribution < 1.29 is 0 Å². The number of hydrogen-bond acceptors (Lipinski definition) is 4. The molecule has 3 nitrogen and oxygen atoms in total. The molecule has 0 unspecified atom stereocenters. The zero-order valence-electron chi connectivity index (χ0n) is 7.69. The Bertz CT molecular complexity index is 395. The van der Waals surface area contributed by atoms with Crippen LogP contribution < -0.4 is 11.5 Å². The van der Waals surface area contributed by atoms with Crippen molar-refractivity contribution in [1.82, 2.24) is 4.98 Å². The maximum atomic E-state index is 4.98. The van der Waals surface area contributed by atoms with E-state index < -0.39 is 0 Å². The van der Waals surface area contributed by atoms with Crippen molar-refractivity contribution in [2.45, 2.75) is 0 Å². The predicted octanol–water partition coefficient (Wildman–Crippen LogP) is 1.86. The lowest BCUT2D eigenvalue weighted by Gasteiger charge is -1.81. The molecule has 14 heavy (non-hydrogen) atoms. The zero-order chi connectivity index (χ0) is 10.4. The van der Waals surface area contributed by atoms with Gasteiger partial charge < -0.3 is 16.5 Å². The average molecular weight is 227 g/mol. The summed E-state index contributed by atoms with van der Waals surface area (Å²) < 4.78 is 2.08. The molecular formula is C9H13N3S2. The summed E-state index contributed by atoms with van der Waals surface area (Å²) in [6.07, 6.45) is 0. The SMILES string of the molecule is NCCN.S=c1[nH]c2ccccc2s1. The molecule has 1 aromatic heterocycles. The molecular weight excluding hydrogens is 214 g/mol. The van der Waals surface area contributed by atoms with E-state index in [0.29, 0.717) is 13.1 Å². The van der Waals surface area contributed by atoms with Crippen LogP contribution in [0.5, 0.6) is 0 Å². The molecule has 2 aromatic rings. The molecule has 0 saturated heterocycles. The lowest BCUT2D eigenvalue weighted by molar-refractivity contribution is 0.976. The number of nitrogens with two attached hydrogens (primary N) is 2. The van der Waals surface area contributed by atoms with Crippen LogP contribution in [0.4, 0.5) is 0 Å². The van der Waals surface area contributed by atoms with Crippen molar-refractivity contribution in [3.63, 3.8) is 0 Å². The van der Waals surface area contributed by atoms with Gasteiger partial charge in [0, 0.05) is 13.1 Å². The molecule has 5 N–H and O–H groups in total. The fourth-order valence-corrected chi connectivity index (χ4v) is 2.01. The van der Waals surface area contributed by atoms with Crippen molar-refractivity contribution >= 4 is 33.8 Å². The van der Waals surface area contributed by atoms with Gasteiger partial charge in [-0.1, -0.05) is 12.1 Å². The van der Waals surface area contributed by atoms with Crippen LogP contribution >= 0.6 is 23.6 Å². The van der Waals surface area contributed by atoms with Gasteiger partial charge in [0.25, 0.3) is 0 Å². The molecule has 0 spiro atoms. The van der Waals surface area contributed by atoms with Gasteiger partial charge in [-0.15, -0.1) is 11.3 Å². The van der Waals surface area contributed by atoms with E-state index in [9.17, 15) is 0 Å². The molecule has 0 atom stereocenters. The molecule has 0 saturated carbocycles. The molecule has 0 bridgehead atoms. The topological polar surface area (TPSA) is 67.8 Å². The summed E-state index contributed by atoms with van der Waals surface area (Å²) in [5, 5.41) is 0. The maximum absolute atomic E-state index is 4.98. The van der Waals surface area contributed by atoms with E-state index in [4.69, 9.17) is 23.7 Å². The lowest BCUT2D eigenvalue weighted by atomic mass is 10.3. The van der Waals surface area contributed by atoms with Crippen molar-refractivity contribution in [2.24, 2.45) is 11.5 Å². The quantitative estimate of drug-likeness (QED) is 0.651. The first-order valence-electron chi connectivity index (χ1n) is 4.26. The Morgan fingerprint density at radius 2 is 1.86 bits per heavy atom. The summed E-state index contributed by atoms with van der Waals surface area (Å²) >= 11 is 6.59. The summed E-state index contributed by atoms with van der Waals surface area (Å²) in [5.41, 5.74) is 10.9. The Hall–Kier alpha value is -0.750. The number of H-pyrrole nitrogens is 1. The van der Waals surface area contributed by atoms with Crippen LogP contribution in [0, 0.1) is 3.95 Å². The summed E-state index contributed by atoms with van der Waals surface area (Å²) in [6.45, 7) is 1.19. The molecule has 0 fully saturated rings. The highest BCUT2D eigenvalue weighted by atomic mass is 32.1. The molecule has 0 amide bonds. The van der Waals surface area contributed by atoms with Gasteiger partial charge in [-0.05, 0) is 24.4 Å². The summed E-state index contributed by atoms with van der Waals surface area (Å²) in [6, 6.07) is 8.11. The number of aromatic nitrogens is 1. The highest BCUT2D eigenvalue weighted by Gasteiger charge is 1.91. The summed E-state index contributed by atoms with van der Waals surface area (Å²) in [5.74, 6) is 0. The molecule has 0 aliphatic rings. The van der Waals surface area contributed by atoms with Crippen molar-refractivity contribution in [3.05, 3.63) is 28.2 Å². The third-order valence-corrected chi connectivity index (χ3v) is 2.71. The third-order valence-electron chi connectivity index (χ3n) is 1.49. The van der Waals surface area contributed by atoms with E-state index in [0.717, 1.165) is 9.47 Å². The first-order chi connectivity index (χ1) is 6.77. The number of hydrogen-bond donors (Lipinski definition) is 3. The Balaban J connectivity index is 0.000000213. The van der Waals surface area contributed by atoms with Gasteiger partial charge >= 0.3 is 0 Å². The minimum atomic E-state index is 0.597. The van der Waals surface area contributed by atoms with E-state index in [1.54, 1.807) is 11.3 Å². The number of fused-ring (bicyclic) bond motifs is 1. The largest absolute Gasteiger partial charge is 0.337 e. The summed E-state index contributed by atoms with van der Waals surface area (Å²) in [7, 11) is 0. The minimum Gasteiger partial charge on any atom is -0.337 e. The monoisotopic (exact) mass is 227 g/mol. The second-order valence-corrected chi connectivity index (χ2v) is 4.31. The molecule has 1 aromatic carbocycles. The standard InChI is InChI=1S/C7H5NS2.C2H8N2/c9-7-8-5-3-1-2-4-6(5)10-7;3-1-2-4/h1-4H,(H,8,9);1-4H2. The first kappa shape index (κ1) is 11.3. The second-order valence-electron chi connectivity index (χ2n) is 2.59. The fourth-order valence-electron chi connectivity index (χ4n) is 0.894. The van der Waals surface area contributed by atoms with E-state index in [-0.39, 0.29) is 0 Å². The fraction of sp³-hybridized carbons (Fsp3) is 0.222. The van der Waals surface area contributed by atoms with Gasteiger partial charge in [-0.2, -0.15) is 0 Å². The molecule has 1 heterocycles. The second kappa shape index (κ2) is 5.87. The van der Waals surface area contributed by atoms with Crippen molar-refractivity contribution in [2.75, 3.05) is 13.1 Å². The van der Waals surface area contributed by atoms with E-state index in [1.807, 2.05) is 18.2 Å². The van der Waals surface area contributed by atoms with Crippen LogP contribution in [0.25, 0.3) is 10.2 Å². The van der Waals surface area contributed by atoms with E-state index in [1.165, 1.54) is 4.70 Å². The molecule has 0 aliphatic heterocycles. The lowest BCUT2D eigenvalue weighted by Crippen LogP contribution is -2.11. The van der Waals surface area contributed by atoms with Crippen LogP contribution in [0.15, 0.2) is 24.3 Å². The van der Waals surface area contributed by atoms with Crippen LogP contribution in [0.1, 0.15) is 0 Å². The molecule has 0 aliphatic carbocycles. The molecule has 76 valence electrons. The molecule has 2 rings (SSSR count). The van der Waals surface area contributed by atoms with Gasteiger partial charge in [-0.25, -0.2) is 0 Å². The maximum Gasteiger partial charge on any atom is 0.159 e. The number of thiazole rings is 1. The van der Waals surface area contributed by atoms with Crippen molar-refractivity contribution in [1.29, 1.82) is 0 Å². The molecule has 0 radical (unpaired) electrons. The van der Waals surface area contributed by atoms with Gasteiger partial charge in [0.05, 0.1) is 10.2 Å². The first-order valence-corrected chi connectivity index (χ1v) is 5.48. The average Bonchev–Trinajstić information content (AvgIpc) is 2.58. The number of nitrogens with one attached hydrogen (secondary N) is 1. The van der Waals surface area contributed by atoms with Crippen LogP contribution in [0.2, 0.25) is 0 Å². The van der Waals surface area contributed by atoms with Crippen LogP contribution in [-0.2, 0) is 0 Å². The highest BCUT2D eigenvalue weighted by molar-refractivity contribution is 7.73. The van der Waals surface area contributed by atoms with Gasteiger partial charge in [-0.3, -0.25) is 0 Å². The Morgan fingerprint density at radius 3 is 2.43 bits per heavy atom. The van der Waals surface area contributed by atoms with Gasteiger partial charge in [0.15, 0.2) is 3.95 Å². The molecule has 5 heteroatoms. The van der Waals surface area contributed by atoms with Crippen LogP contribution in [0.3, 0.4) is 0 Å². The Morgan fingerprint density at radius 1 is 1.21 bits per heavy atom. The summed E-state index contributed by atoms with van der Waals surface area (Å²) in [4.78, 5) is 3.09. The smallest absolute Gasteiger partial charge is 0.159 e. The highest BCUT2D eigenvalue weighted by Crippen LogP contribution is 2.17. The number of rotatable bonds is 1. The third kappa shape index (κ3) is 3.19. The van der Waals surface area contributed by atoms with Crippen LogP contribution in [-0.4, -0.2) is 18.1 Å². The van der Waals surface area contributed by atoms with E-state index in [2.05, 4.69) is 11.1 Å². The van der Waals surface area contributed by atoms with Gasteiger partial charge in [0.1, 0.15) is 0 Å². The number of aromatic amines is 1. The Kier molecular flexibility index (Phi) is 4.75.